The van der Waals surface area contributed by atoms with E-state index in [4.69, 9.17) is 67.8 Å². The van der Waals surface area contributed by atoms with Crippen molar-refractivity contribution in [3.05, 3.63) is 88.5 Å². The van der Waals surface area contributed by atoms with Crippen LogP contribution in [0.4, 0.5) is 17.1 Å². The van der Waals surface area contributed by atoms with E-state index in [1.165, 1.54) is 0 Å². The second-order valence-electron chi connectivity index (χ2n) is 18.6. The predicted molar refractivity (Wildman–Crippen MR) is 294 cm³/mol. The number of aliphatic hydroxyl groups excluding tert-OH is 8. The maximum atomic E-state index is 11.7. The summed E-state index contributed by atoms with van der Waals surface area (Å²) in [5.74, 6) is 0. The second kappa shape index (κ2) is 40.9. The van der Waals surface area contributed by atoms with E-state index < -0.39 is 29.8 Å². The Kier molecular flexibility index (Phi) is 35.7. The Labute approximate surface area is 461 Å². The average Bonchev–Trinajstić information content (AvgIpc) is 3.52. The van der Waals surface area contributed by atoms with Crippen LogP contribution < -0.4 is 14.7 Å². The Bertz CT molecular complexity index is 1930. The van der Waals surface area contributed by atoms with Crippen LogP contribution in [0.25, 0.3) is 0 Å². The summed E-state index contributed by atoms with van der Waals surface area (Å²) in [6.45, 7) is 7.81. The number of aryl methyl sites for hydroxylation is 2. The van der Waals surface area contributed by atoms with Gasteiger partial charge in [0.25, 0.3) is 0 Å². The van der Waals surface area contributed by atoms with Crippen LogP contribution in [0.3, 0.4) is 0 Å². The van der Waals surface area contributed by atoms with Gasteiger partial charge in [-0.25, -0.2) is 0 Å². The number of rotatable bonds is 48. The number of aliphatic hydroxyl groups is 8. The summed E-state index contributed by atoms with van der Waals surface area (Å²) < 4.78 is 54.8. The maximum Gasteiger partial charge on any atom is 0.133 e. The van der Waals surface area contributed by atoms with E-state index in [1.807, 2.05) is 103 Å². The van der Waals surface area contributed by atoms with Crippen LogP contribution in [0.5, 0.6) is 0 Å². The van der Waals surface area contributed by atoms with Crippen molar-refractivity contribution >= 4 is 17.1 Å². The molecule has 0 radical (unpaired) electrons. The smallest absolute Gasteiger partial charge is 0.133 e. The summed E-state index contributed by atoms with van der Waals surface area (Å²) in [4.78, 5) is 5.67. The van der Waals surface area contributed by atoms with E-state index in [2.05, 4.69) is 6.07 Å². The van der Waals surface area contributed by atoms with Crippen LogP contribution in [-0.4, -0.2) is 264 Å². The van der Waals surface area contributed by atoms with Gasteiger partial charge in [-0.1, -0.05) is 24.3 Å². The maximum absolute atomic E-state index is 11.7. The first-order valence-electron chi connectivity index (χ1n) is 26.7. The molecule has 0 aliphatic rings. The molecule has 0 heterocycles. The van der Waals surface area contributed by atoms with E-state index >= 15 is 0 Å². The van der Waals surface area contributed by atoms with E-state index in [-0.39, 0.29) is 158 Å². The molecule has 0 aliphatic heterocycles. The standard InChI is InChI=1S/C56H90N4O18/c1-44-33-48(59(35-50(65)39-75-29-25-71-19-15-63)37-52(67)41-77-31-27-73-23-21-69-17-13-61)9-11-54(44)56(43-57,46-5-7-47(8-6-46)58(3)4)55-12-10-49(34-45(55)2)60(36-51(66)40-76-30-26-72-20-16-64)38-53(68)42-78-32-28-74-24-22-70-18-14-62/h5-12,33-34,50-53,61-68H,13-32,35-42H2,1-4H3. The first kappa shape index (κ1) is 68.1. The summed E-state index contributed by atoms with van der Waals surface area (Å²) in [6, 6.07) is 22.0. The molecule has 22 heteroatoms. The minimum atomic E-state index is -1.37. The lowest BCUT2D eigenvalue weighted by atomic mass is 9.68. The van der Waals surface area contributed by atoms with Crippen molar-refractivity contribution in [3.8, 4) is 6.07 Å². The Morgan fingerprint density at radius 3 is 0.936 bits per heavy atom. The lowest BCUT2D eigenvalue weighted by molar-refractivity contribution is -0.0128. The van der Waals surface area contributed by atoms with Crippen molar-refractivity contribution in [1.29, 1.82) is 5.26 Å². The largest absolute Gasteiger partial charge is 0.394 e. The molecule has 0 saturated heterocycles. The Hall–Kier alpha value is -4.17. The highest BCUT2D eigenvalue weighted by Gasteiger charge is 2.40. The van der Waals surface area contributed by atoms with Gasteiger partial charge in [-0.2, -0.15) is 5.26 Å². The molecule has 3 rings (SSSR count). The summed E-state index contributed by atoms with van der Waals surface area (Å²) >= 11 is 0. The summed E-state index contributed by atoms with van der Waals surface area (Å²) in [7, 11) is 3.88. The molecule has 0 saturated carbocycles. The number of nitriles is 1. The van der Waals surface area contributed by atoms with Crippen LogP contribution in [-0.2, 0) is 52.8 Å². The quantitative estimate of drug-likeness (QED) is 0.0281. The van der Waals surface area contributed by atoms with Crippen LogP contribution in [0.2, 0.25) is 0 Å². The second-order valence-corrected chi connectivity index (χ2v) is 18.6. The van der Waals surface area contributed by atoms with Gasteiger partial charge >= 0.3 is 0 Å². The Morgan fingerprint density at radius 1 is 0.410 bits per heavy atom. The number of anilines is 3. The van der Waals surface area contributed by atoms with Gasteiger partial charge in [0.2, 0.25) is 0 Å². The van der Waals surface area contributed by atoms with Gasteiger partial charge in [-0.3, -0.25) is 0 Å². The lowest BCUT2D eigenvalue weighted by Crippen LogP contribution is -2.41. The third kappa shape index (κ3) is 25.5. The van der Waals surface area contributed by atoms with Crippen molar-refractivity contribution in [2.45, 2.75) is 43.7 Å². The molecule has 0 aromatic heterocycles. The fourth-order valence-corrected chi connectivity index (χ4v) is 8.44. The van der Waals surface area contributed by atoms with Gasteiger partial charge in [-0.05, 0) is 78.1 Å². The number of hydrogen-bond donors (Lipinski definition) is 8. The molecule has 4 unspecified atom stereocenters. The molecular formula is C56H90N4O18. The van der Waals surface area contributed by atoms with Crippen molar-refractivity contribution < 1.29 is 88.2 Å². The molecular weight excluding hydrogens is 1020 g/mol. The van der Waals surface area contributed by atoms with Crippen LogP contribution in [0, 0.1) is 25.2 Å². The SMILES string of the molecule is Cc1cc(N(CC(O)COCCOCCO)CC(O)COCCOCCOCCO)ccc1C(C#N)(c1ccc(N(C)C)cc1)c1ccc(N(CC(O)COCCOCCO)CC(O)COCCOCCOCCO)cc1C. The molecule has 0 amide bonds. The predicted octanol–water partition coefficient (Wildman–Crippen LogP) is 0.419. The van der Waals surface area contributed by atoms with Gasteiger partial charge < -0.3 is 103 Å². The molecule has 22 nitrogen and oxygen atoms in total. The topological polar surface area (TPSA) is 288 Å². The highest BCUT2D eigenvalue weighted by molar-refractivity contribution is 5.66. The Balaban J connectivity index is 2.01. The minimum Gasteiger partial charge on any atom is -0.394 e. The summed E-state index contributed by atoms with van der Waals surface area (Å²) in [5, 5.41) is 92.6. The van der Waals surface area contributed by atoms with Gasteiger partial charge in [0, 0.05) is 57.3 Å². The molecule has 0 bridgehead atoms. The third-order valence-corrected chi connectivity index (χ3v) is 12.1. The molecule has 442 valence electrons. The van der Waals surface area contributed by atoms with Crippen LogP contribution in [0.1, 0.15) is 27.8 Å². The van der Waals surface area contributed by atoms with Gasteiger partial charge in [0.1, 0.15) is 5.41 Å². The Morgan fingerprint density at radius 2 is 0.679 bits per heavy atom. The van der Waals surface area contributed by atoms with E-state index in [9.17, 15) is 25.7 Å². The molecule has 4 atom stereocenters. The summed E-state index contributed by atoms with van der Waals surface area (Å²) in [6.07, 6.45) is -3.89. The molecule has 3 aromatic carbocycles. The first-order valence-corrected chi connectivity index (χ1v) is 26.7. The van der Waals surface area contributed by atoms with Crippen molar-refractivity contribution in [3.63, 3.8) is 0 Å². The third-order valence-electron chi connectivity index (χ3n) is 12.1. The van der Waals surface area contributed by atoms with Crippen LogP contribution in [0.15, 0.2) is 60.7 Å². The van der Waals surface area contributed by atoms with Gasteiger partial charge in [-0.15, -0.1) is 0 Å². The zero-order valence-corrected chi connectivity index (χ0v) is 46.3. The highest BCUT2D eigenvalue weighted by atomic mass is 16.6. The van der Waals surface area contributed by atoms with Gasteiger partial charge in [0.05, 0.1) is 189 Å². The zero-order valence-electron chi connectivity index (χ0n) is 46.3. The fraction of sp³-hybridized carbons (Fsp3) is 0.661. The zero-order chi connectivity index (χ0) is 56.8. The lowest BCUT2D eigenvalue weighted by Gasteiger charge is -2.35. The number of nitrogens with zero attached hydrogens (tertiary/aromatic N) is 4. The number of hydrogen-bond acceptors (Lipinski definition) is 22. The van der Waals surface area contributed by atoms with E-state index in [1.54, 1.807) is 0 Å². The van der Waals surface area contributed by atoms with E-state index in [0.717, 1.165) is 16.8 Å². The molecule has 0 spiro atoms. The molecule has 3 aromatic rings. The number of ether oxygens (including phenoxy) is 10. The van der Waals surface area contributed by atoms with Crippen LogP contribution >= 0.6 is 0 Å². The number of benzene rings is 3. The molecule has 0 fully saturated rings. The highest BCUT2D eigenvalue weighted by Crippen LogP contribution is 2.44. The summed E-state index contributed by atoms with van der Waals surface area (Å²) in [5.41, 5.74) is 4.52. The minimum absolute atomic E-state index is 0.0132. The molecule has 0 aliphatic carbocycles. The monoisotopic (exact) mass is 1110 g/mol. The van der Waals surface area contributed by atoms with E-state index in [0.29, 0.717) is 54.5 Å². The molecule has 8 N–H and O–H groups in total. The van der Waals surface area contributed by atoms with Crippen molar-refractivity contribution in [1.82, 2.24) is 0 Å². The van der Waals surface area contributed by atoms with Gasteiger partial charge in [0.15, 0.2) is 0 Å². The van der Waals surface area contributed by atoms with Crippen molar-refractivity contribution in [2.75, 3.05) is 214 Å². The average molecular weight is 1110 g/mol. The van der Waals surface area contributed by atoms with Crippen molar-refractivity contribution in [2.24, 2.45) is 0 Å². The first-order chi connectivity index (χ1) is 37.8. The fourth-order valence-electron chi connectivity index (χ4n) is 8.44. The molecule has 78 heavy (non-hydrogen) atoms. The normalized spacial score (nSPS) is 13.9.